The Morgan fingerprint density at radius 2 is 1.84 bits per heavy atom. The number of amides is 1. The van der Waals surface area contributed by atoms with E-state index in [4.69, 9.17) is 10.5 Å². The molecule has 0 unspecified atom stereocenters. The van der Waals surface area contributed by atoms with Gasteiger partial charge >= 0.3 is 11.7 Å². The zero-order valence-electron chi connectivity index (χ0n) is 18.8. The minimum atomic E-state index is -3.29. The Balaban J connectivity index is 2.30. The van der Waals surface area contributed by atoms with Gasteiger partial charge in [-0.15, -0.1) is 0 Å². The Kier molecular flexibility index (Phi) is 6.68. The van der Waals surface area contributed by atoms with Crippen molar-refractivity contribution in [2.24, 2.45) is 0 Å². The summed E-state index contributed by atoms with van der Waals surface area (Å²) in [5.41, 5.74) is 7.59. The van der Waals surface area contributed by atoms with Crippen molar-refractivity contribution in [1.82, 2.24) is 24.0 Å². The van der Waals surface area contributed by atoms with Gasteiger partial charge in [-0.25, -0.2) is 28.1 Å². The summed E-state index contributed by atoms with van der Waals surface area (Å²) >= 11 is 0. The highest BCUT2D eigenvalue weighted by atomic mass is 32.2. The number of fused-ring (bicyclic) bond motifs is 1. The molecule has 1 amide bonds. The lowest BCUT2D eigenvalue weighted by molar-refractivity contribution is 0.210. The number of imidazole rings is 1. The molecule has 11 heteroatoms. The number of aryl methyl sites for hydroxylation is 1. The molecule has 3 rings (SSSR count). The van der Waals surface area contributed by atoms with Gasteiger partial charge in [0.05, 0.1) is 6.54 Å². The standard InChI is InChI=1S/C21H29N7O3S/c1-5-11-26(4)20(29)28-16-17(22)24-19(32(23,31)12-6-2)25-18(16)27(21(28)30)13-15-9-7-14(3)8-10-15/h7-10,23H,5-6,11-13H2,1-4H3,(H2,22,24,25)/t32-/m1/s1. The van der Waals surface area contributed by atoms with Crippen LogP contribution in [0.25, 0.3) is 11.2 Å². The lowest BCUT2D eigenvalue weighted by Gasteiger charge is -2.16. The zero-order valence-corrected chi connectivity index (χ0v) is 19.6. The molecule has 1 aromatic carbocycles. The van der Waals surface area contributed by atoms with Gasteiger partial charge in [-0.1, -0.05) is 43.7 Å². The fourth-order valence-corrected chi connectivity index (χ4v) is 4.71. The van der Waals surface area contributed by atoms with Crippen LogP contribution in [0.3, 0.4) is 0 Å². The molecule has 1 atom stereocenters. The first-order valence-corrected chi connectivity index (χ1v) is 12.2. The summed E-state index contributed by atoms with van der Waals surface area (Å²) in [5, 5.41) is -0.228. The van der Waals surface area contributed by atoms with Crippen LogP contribution >= 0.6 is 0 Å². The second kappa shape index (κ2) is 9.11. The number of hydrogen-bond acceptors (Lipinski definition) is 7. The number of anilines is 1. The summed E-state index contributed by atoms with van der Waals surface area (Å²) in [6.07, 6.45) is 1.22. The van der Waals surface area contributed by atoms with Crippen LogP contribution in [0, 0.1) is 11.7 Å². The van der Waals surface area contributed by atoms with E-state index in [0.717, 1.165) is 15.7 Å². The third kappa shape index (κ3) is 4.38. The van der Waals surface area contributed by atoms with Gasteiger partial charge in [0.2, 0.25) is 5.16 Å². The smallest absolute Gasteiger partial charge is 0.339 e. The van der Waals surface area contributed by atoms with Gasteiger partial charge in [0.15, 0.2) is 11.5 Å². The van der Waals surface area contributed by atoms with Gasteiger partial charge in [0.25, 0.3) is 0 Å². The van der Waals surface area contributed by atoms with Crippen molar-refractivity contribution in [3.63, 3.8) is 0 Å². The van der Waals surface area contributed by atoms with Gasteiger partial charge in [-0.2, -0.15) is 4.98 Å². The van der Waals surface area contributed by atoms with Crippen LogP contribution in [0.4, 0.5) is 10.6 Å². The Bertz CT molecular complexity index is 1310. The number of benzene rings is 1. The first kappa shape index (κ1) is 23.5. The fraction of sp³-hybridized carbons (Fsp3) is 0.429. The summed E-state index contributed by atoms with van der Waals surface area (Å²) in [6, 6.07) is 7.06. The number of nitrogens with one attached hydrogen (secondary N) is 1. The van der Waals surface area contributed by atoms with Crippen LogP contribution in [0.1, 0.15) is 37.8 Å². The van der Waals surface area contributed by atoms with E-state index < -0.39 is 21.4 Å². The quantitative estimate of drug-likeness (QED) is 0.521. The Hall–Kier alpha value is -3.21. The molecule has 3 N–H and O–H groups in total. The Labute approximate surface area is 187 Å². The van der Waals surface area contributed by atoms with Gasteiger partial charge in [-0.05, 0) is 25.3 Å². The molecule has 0 radical (unpaired) electrons. The summed E-state index contributed by atoms with van der Waals surface area (Å²) in [5.74, 6) is -0.0852. The van der Waals surface area contributed by atoms with Gasteiger partial charge in [-0.3, -0.25) is 4.57 Å². The molecule has 172 valence electrons. The fourth-order valence-electron chi connectivity index (χ4n) is 3.47. The lowest BCUT2D eigenvalue weighted by atomic mass is 10.1. The SMILES string of the molecule is CCCN(C)C(=O)n1c(=O)n(Cc2ccc(C)cc2)c2nc([S@](=N)(=O)CCC)nc(N)c21. The van der Waals surface area contributed by atoms with Crippen molar-refractivity contribution >= 4 is 32.7 Å². The predicted molar refractivity (Wildman–Crippen MR) is 124 cm³/mol. The number of hydrogen-bond donors (Lipinski definition) is 2. The van der Waals surface area contributed by atoms with E-state index in [1.807, 2.05) is 45.0 Å². The van der Waals surface area contributed by atoms with E-state index in [0.29, 0.717) is 19.4 Å². The van der Waals surface area contributed by atoms with E-state index in [2.05, 4.69) is 9.97 Å². The highest BCUT2D eigenvalue weighted by Crippen LogP contribution is 2.22. The van der Waals surface area contributed by atoms with Crippen LogP contribution in [-0.4, -0.2) is 53.6 Å². The van der Waals surface area contributed by atoms with Crippen molar-refractivity contribution in [3.05, 3.63) is 45.9 Å². The second-order valence-corrected chi connectivity index (χ2v) is 9.96. The third-order valence-electron chi connectivity index (χ3n) is 5.10. The first-order valence-electron chi connectivity index (χ1n) is 10.5. The molecule has 3 aromatic rings. The number of nitrogen functional groups attached to an aromatic ring is 1. The van der Waals surface area contributed by atoms with E-state index >= 15 is 0 Å². The van der Waals surface area contributed by atoms with Crippen molar-refractivity contribution in [1.29, 1.82) is 4.78 Å². The summed E-state index contributed by atoms with van der Waals surface area (Å²) < 4.78 is 23.3. The molecule has 0 spiro atoms. The first-order chi connectivity index (χ1) is 15.1. The maximum absolute atomic E-state index is 13.4. The Morgan fingerprint density at radius 3 is 2.44 bits per heavy atom. The monoisotopic (exact) mass is 459 g/mol. The molecule has 0 aliphatic carbocycles. The third-order valence-corrected chi connectivity index (χ3v) is 6.85. The molecule has 0 bridgehead atoms. The maximum atomic E-state index is 13.4. The highest BCUT2D eigenvalue weighted by molar-refractivity contribution is 7.92. The number of carbonyl (C=O) groups excluding carboxylic acids is 1. The van der Waals surface area contributed by atoms with Gasteiger partial charge in [0, 0.05) is 19.3 Å². The molecule has 0 saturated carbocycles. The molecule has 0 aliphatic rings. The molecule has 32 heavy (non-hydrogen) atoms. The van der Waals surface area contributed by atoms with Crippen LogP contribution in [0.2, 0.25) is 0 Å². The summed E-state index contributed by atoms with van der Waals surface area (Å²) in [4.78, 5) is 36.3. The van der Waals surface area contributed by atoms with Gasteiger partial charge < -0.3 is 10.6 Å². The average molecular weight is 460 g/mol. The molecular formula is C21H29N7O3S. The minimum Gasteiger partial charge on any atom is -0.382 e. The molecule has 2 heterocycles. The number of aromatic nitrogens is 4. The number of nitrogens with zero attached hydrogens (tertiary/aromatic N) is 5. The summed E-state index contributed by atoms with van der Waals surface area (Å²) in [7, 11) is -1.69. The molecule has 2 aromatic heterocycles. The van der Waals surface area contributed by atoms with Crippen LogP contribution < -0.4 is 11.4 Å². The van der Waals surface area contributed by atoms with Crippen molar-refractivity contribution in [2.45, 2.75) is 45.3 Å². The molecule has 0 fully saturated rings. The number of carbonyl (C=O) groups is 1. The molecular weight excluding hydrogens is 430 g/mol. The topological polar surface area (TPSA) is 140 Å². The predicted octanol–water partition coefficient (Wildman–Crippen LogP) is 2.66. The van der Waals surface area contributed by atoms with E-state index in [-0.39, 0.29) is 34.4 Å². The molecule has 10 nitrogen and oxygen atoms in total. The van der Waals surface area contributed by atoms with Crippen molar-refractivity contribution in [2.75, 3.05) is 25.1 Å². The summed E-state index contributed by atoms with van der Waals surface area (Å²) in [6.45, 7) is 6.28. The van der Waals surface area contributed by atoms with Crippen LogP contribution in [0.5, 0.6) is 0 Å². The average Bonchev–Trinajstić information content (AvgIpc) is 3.01. The number of rotatable bonds is 7. The largest absolute Gasteiger partial charge is 0.382 e. The maximum Gasteiger partial charge on any atom is 0.339 e. The minimum absolute atomic E-state index is 0.0607. The molecule has 0 aliphatic heterocycles. The Morgan fingerprint density at radius 1 is 1.19 bits per heavy atom. The zero-order chi connectivity index (χ0) is 23.6. The second-order valence-electron chi connectivity index (χ2n) is 7.84. The van der Waals surface area contributed by atoms with Crippen molar-refractivity contribution < 1.29 is 9.00 Å². The van der Waals surface area contributed by atoms with E-state index in [1.165, 1.54) is 9.47 Å². The normalized spacial score (nSPS) is 13.2. The highest BCUT2D eigenvalue weighted by Gasteiger charge is 2.27. The van der Waals surface area contributed by atoms with Crippen LogP contribution in [-0.2, 0) is 16.3 Å². The van der Waals surface area contributed by atoms with E-state index in [9.17, 15) is 13.8 Å². The van der Waals surface area contributed by atoms with Crippen LogP contribution in [0.15, 0.2) is 34.2 Å². The molecule has 0 saturated heterocycles. The number of nitrogens with two attached hydrogens (primary N) is 1. The van der Waals surface area contributed by atoms with E-state index in [1.54, 1.807) is 7.05 Å². The van der Waals surface area contributed by atoms with Gasteiger partial charge in [0.1, 0.15) is 15.2 Å². The van der Waals surface area contributed by atoms with Crippen molar-refractivity contribution in [3.8, 4) is 0 Å². The lowest BCUT2D eigenvalue weighted by Crippen LogP contribution is -2.38.